The number of fused-ring (bicyclic) bond motifs is 1. The Morgan fingerprint density at radius 2 is 1.93 bits per heavy atom. The summed E-state index contributed by atoms with van der Waals surface area (Å²) in [6, 6.07) is 11.1. The van der Waals surface area contributed by atoms with E-state index in [1.807, 2.05) is 0 Å². The fraction of sp³-hybridized carbons (Fsp3) is 0.211. The number of aromatic nitrogens is 2. The van der Waals surface area contributed by atoms with Gasteiger partial charge in [0.1, 0.15) is 10.8 Å². The summed E-state index contributed by atoms with van der Waals surface area (Å²) in [6.45, 7) is 1.57. The predicted molar refractivity (Wildman–Crippen MR) is 106 cm³/mol. The molecule has 0 radical (unpaired) electrons. The molecule has 0 aliphatic heterocycles. The van der Waals surface area contributed by atoms with Crippen molar-refractivity contribution in [2.75, 3.05) is 12.4 Å². The normalized spacial score (nSPS) is 12.6. The highest BCUT2D eigenvalue weighted by molar-refractivity contribution is 8.00. The molecule has 1 heterocycles. The molecule has 5 nitrogen and oxygen atoms in total. The first-order valence-electron chi connectivity index (χ1n) is 8.34. The molecule has 0 unspecified atom stereocenters. The minimum atomic E-state index is -4.70. The minimum Gasteiger partial charge on any atom is -0.495 e. The molecule has 0 spiro atoms. The fourth-order valence-electron chi connectivity index (χ4n) is 2.50. The lowest BCUT2D eigenvalue weighted by molar-refractivity contribution is -0.145. The first kappa shape index (κ1) is 21.2. The van der Waals surface area contributed by atoms with E-state index in [4.69, 9.17) is 16.3 Å². The lowest BCUT2D eigenvalue weighted by Gasteiger charge is -2.16. The van der Waals surface area contributed by atoms with Crippen LogP contribution in [0, 0.1) is 0 Å². The Labute approximate surface area is 173 Å². The van der Waals surface area contributed by atoms with Crippen LogP contribution in [0.2, 0.25) is 5.02 Å². The van der Waals surface area contributed by atoms with Gasteiger partial charge in [-0.3, -0.25) is 4.79 Å². The maximum Gasteiger partial charge on any atom is 0.451 e. The van der Waals surface area contributed by atoms with Crippen LogP contribution in [0.5, 0.6) is 5.75 Å². The molecule has 1 amide bonds. The Bertz CT molecular complexity index is 1060. The molecule has 29 heavy (non-hydrogen) atoms. The van der Waals surface area contributed by atoms with E-state index >= 15 is 0 Å². The van der Waals surface area contributed by atoms with E-state index < -0.39 is 23.2 Å². The van der Waals surface area contributed by atoms with Crippen LogP contribution in [-0.4, -0.2) is 28.2 Å². The van der Waals surface area contributed by atoms with Gasteiger partial charge in [-0.05, 0) is 31.2 Å². The van der Waals surface area contributed by atoms with Crippen LogP contribution in [0.3, 0.4) is 0 Å². The Morgan fingerprint density at radius 3 is 2.62 bits per heavy atom. The van der Waals surface area contributed by atoms with Crippen LogP contribution in [-0.2, 0) is 11.0 Å². The zero-order valence-electron chi connectivity index (χ0n) is 15.2. The van der Waals surface area contributed by atoms with Gasteiger partial charge in [0.05, 0.1) is 23.6 Å². The fourth-order valence-corrected chi connectivity index (χ4v) is 3.61. The number of hydrogen-bond acceptors (Lipinski definition) is 5. The molecular formula is C19H15ClF3N3O2S. The molecular weight excluding hydrogens is 427 g/mol. The third-order valence-corrected chi connectivity index (χ3v) is 5.24. The Balaban J connectivity index is 1.88. The van der Waals surface area contributed by atoms with Crippen LogP contribution in [0.4, 0.5) is 18.9 Å². The topological polar surface area (TPSA) is 64.1 Å². The van der Waals surface area contributed by atoms with Crippen molar-refractivity contribution in [3.05, 3.63) is 53.3 Å². The Morgan fingerprint density at radius 1 is 1.21 bits per heavy atom. The van der Waals surface area contributed by atoms with Crippen LogP contribution in [0.15, 0.2) is 47.5 Å². The summed E-state index contributed by atoms with van der Waals surface area (Å²) in [5.74, 6) is -1.28. The highest BCUT2D eigenvalue weighted by Crippen LogP contribution is 2.34. The molecule has 1 atom stereocenters. The van der Waals surface area contributed by atoms with E-state index in [1.54, 1.807) is 37.3 Å². The number of amides is 1. The molecule has 0 fully saturated rings. The molecule has 1 N–H and O–H groups in total. The molecule has 0 saturated heterocycles. The number of para-hydroxylation sites is 1. The second kappa shape index (κ2) is 8.46. The molecule has 3 rings (SSSR count). The minimum absolute atomic E-state index is 0.0728. The van der Waals surface area contributed by atoms with Crippen LogP contribution >= 0.6 is 23.4 Å². The first-order chi connectivity index (χ1) is 13.7. The summed E-state index contributed by atoms with van der Waals surface area (Å²) in [7, 11) is 1.45. The summed E-state index contributed by atoms with van der Waals surface area (Å²) >= 11 is 6.87. The van der Waals surface area contributed by atoms with Crippen molar-refractivity contribution in [1.82, 2.24) is 9.97 Å². The van der Waals surface area contributed by atoms with E-state index in [0.717, 1.165) is 11.8 Å². The number of nitrogens with one attached hydrogen (secondary N) is 1. The van der Waals surface area contributed by atoms with Crippen LogP contribution in [0.1, 0.15) is 12.7 Å². The third-order valence-electron chi connectivity index (χ3n) is 3.90. The summed E-state index contributed by atoms with van der Waals surface area (Å²) in [6.07, 6.45) is -4.70. The van der Waals surface area contributed by atoms with Gasteiger partial charge in [-0.1, -0.05) is 41.6 Å². The van der Waals surface area contributed by atoms with Crippen molar-refractivity contribution < 1.29 is 22.7 Å². The lowest BCUT2D eigenvalue weighted by Crippen LogP contribution is -2.23. The number of ether oxygens (including phenoxy) is 1. The molecule has 2 aromatic carbocycles. The van der Waals surface area contributed by atoms with Gasteiger partial charge < -0.3 is 10.1 Å². The van der Waals surface area contributed by atoms with E-state index in [2.05, 4.69) is 15.3 Å². The second-order valence-corrected chi connectivity index (χ2v) is 7.73. The smallest absolute Gasteiger partial charge is 0.451 e. The predicted octanol–water partition coefficient (Wildman–Crippen LogP) is 5.43. The number of alkyl halides is 3. The molecule has 152 valence electrons. The number of anilines is 1. The molecule has 0 bridgehead atoms. The maximum absolute atomic E-state index is 13.2. The van der Waals surface area contributed by atoms with Crippen molar-refractivity contribution in [3.63, 3.8) is 0 Å². The van der Waals surface area contributed by atoms with Crippen LogP contribution < -0.4 is 10.1 Å². The average molecular weight is 442 g/mol. The number of hydrogen-bond donors (Lipinski definition) is 1. The third kappa shape index (κ3) is 4.91. The zero-order valence-corrected chi connectivity index (χ0v) is 16.8. The van der Waals surface area contributed by atoms with Crippen molar-refractivity contribution in [2.24, 2.45) is 0 Å². The molecule has 0 saturated carbocycles. The Hall–Kier alpha value is -2.52. The maximum atomic E-state index is 13.2. The second-order valence-electron chi connectivity index (χ2n) is 5.96. The van der Waals surface area contributed by atoms with Crippen LogP contribution in [0.25, 0.3) is 10.9 Å². The summed E-state index contributed by atoms with van der Waals surface area (Å²) in [5.41, 5.74) is 0.516. The highest BCUT2D eigenvalue weighted by atomic mass is 35.5. The van der Waals surface area contributed by atoms with E-state index in [9.17, 15) is 18.0 Å². The number of carbonyl (C=O) groups excluding carboxylic acids is 1. The van der Waals surface area contributed by atoms with Crippen molar-refractivity contribution in [1.29, 1.82) is 0 Å². The molecule has 0 aliphatic rings. The van der Waals surface area contributed by atoms with Gasteiger partial charge in [0, 0.05) is 10.4 Å². The monoisotopic (exact) mass is 441 g/mol. The van der Waals surface area contributed by atoms with E-state index in [0.29, 0.717) is 21.8 Å². The SMILES string of the molecule is COc1ccc(Cl)cc1NC(=O)[C@@H](C)Sc1nc(C(F)(F)F)nc2ccccc12. The first-order valence-corrected chi connectivity index (χ1v) is 9.60. The van der Waals surface area contributed by atoms with Gasteiger partial charge in [0.2, 0.25) is 11.7 Å². The largest absolute Gasteiger partial charge is 0.495 e. The number of halogens is 4. The van der Waals surface area contributed by atoms with Gasteiger partial charge >= 0.3 is 6.18 Å². The Kier molecular flexibility index (Phi) is 6.18. The number of benzene rings is 2. The molecule has 3 aromatic rings. The van der Waals surface area contributed by atoms with E-state index in [-0.39, 0.29) is 10.5 Å². The number of carbonyl (C=O) groups is 1. The standard InChI is InChI=1S/C19H15ClF3N3O2S/c1-10(16(27)24-14-9-11(20)7-8-15(14)28-2)29-17-12-5-3-4-6-13(12)25-18(26-17)19(21,22)23/h3-10H,1-2H3,(H,24,27)/t10-/m1/s1. The molecule has 0 aliphatic carbocycles. The molecule has 10 heteroatoms. The van der Waals surface area contributed by atoms with Gasteiger partial charge in [-0.2, -0.15) is 13.2 Å². The zero-order chi connectivity index (χ0) is 21.2. The van der Waals surface area contributed by atoms with Gasteiger partial charge in [0.25, 0.3) is 0 Å². The number of methoxy groups -OCH3 is 1. The lowest BCUT2D eigenvalue weighted by atomic mass is 10.2. The van der Waals surface area contributed by atoms with Gasteiger partial charge in [0.15, 0.2) is 0 Å². The number of nitrogens with zero attached hydrogens (tertiary/aromatic N) is 2. The van der Waals surface area contributed by atoms with Crippen molar-refractivity contribution in [3.8, 4) is 5.75 Å². The van der Waals surface area contributed by atoms with Gasteiger partial charge in [-0.25, -0.2) is 9.97 Å². The highest BCUT2D eigenvalue weighted by Gasteiger charge is 2.36. The van der Waals surface area contributed by atoms with E-state index in [1.165, 1.54) is 19.2 Å². The summed E-state index contributed by atoms with van der Waals surface area (Å²) in [5, 5.41) is 2.84. The number of rotatable bonds is 5. The van der Waals surface area contributed by atoms with Crippen molar-refractivity contribution >= 4 is 45.9 Å². The summed E-state index contributed by atoms with van der Waals surface area (Å²) in [4.78, 5) is 19.8. The van der Waals surface area contributed by atoms with Crippen molar-refractivity contribution in [2.45, 2.75) is 23.4 Å². The average Bonchev–Trinajstić information content (AvgIpc) is 2.67. The quantitative estimate of drug-likeness (QED) is 0.422. The number of thioether (sulfide) groups is 1. The molecule has 1 aromatic heterocycles. The van der Waals surface area contributed by atoms with Gasteiger partial charge in [-0.15, -0.1) is 0 Å². The summed E-state index contributed by atoms with van der Waals surface area (Å²) < 4.78 is 44.7.